The van der Waals surface area contributed by atoms with E-state index in [1.807, 2.05) is 20.8 Å². The van der Waals surface area contributed by atoms with E-state index in [9.17, 15) is 4.79 Å². The summed E-state index contributed by atoms with van der Waals surface area (Å²) in [5.74, 6) is 0.930. The second kappa shape index (κ2) is 6.53. The first-order chi connectivity index (χ1) is 12.3. The number of anilines is 1. The van der Waals surface area contributed by atoms with Crippen molar-refractivity contribution in [2.24, 2.45) is 0 Å². The van der Waals surface area contributed by atoms with Gasteiger partial charge in [0.1, 0.15) is 11.4 Å². The Bertz CT molecular complexity index is 705. The number of hydrogen-bond donors (Lipinski definition) is 0. The van der Waals surface area contributed by atoms with Gasteiger partial charge in [-0.25, -0.2) is 14.8 Å². The van der Waals surface area contributed by atoms with Gasteiger partial charge >= 0.3 is 6.09 Å². The van der Waals surface area contributed by atoms with Crippen LogP contribution < -0.4 is 4.90 Å². The number of carbonyl (C=O) groups excluding carboxylic acids is 1. The summed E-state index contributed by atoms with van der Waals surface area (Å²) in [6.45, 7) is 8.07. The monoisotopic (exact) mass is 380 g/mol. The average molecular weight is 381 g/mol. The fraction of sp³-hybridized carbons (Fsp3) is 0.722. The van der Waals surface area contributed by atoms with E-state index in [1.165, 1.54) is 0 Å². The Kier molecular flexibility index (Phi) is 4.47. The van der Waals surface area contributed by atoms with Gasteiger partial charge < -0.3 is 19.3 Å². The first-order valence-electron chi connectivity index (χ1n) is 9.21. The van der Waals surface area contributed by atoms with Crippen LogP contribution in [0.2, 0.25) is 5.28 Å². The molecule has 2 atom stereocenters. The van der Waals surface area contributed by atoms with E-state index >= 15 is 0 Å². The van der Waals surface area contributed by atoms with Crippen molar-refractivity contribution < 1.29 is 14.3 Å². The topological polar surface area (TPSA) is 67.8 Å². The quantitative estimate of drug-likeness (QED) is 0.698. The highest BCUT2D eigenvalue weighted by Gasteiger charge is 2.40. The Morgan fingerprint density at radius 1 is 1.23 bits per heavy atom. The van der Waals surface area contributed by atoms with E-state index in [-0.39, 0.29) is 11.4 Å². The molecule has 2 saturated heterocycles. The molecule has 8 heteroatoms. The molecule has 0 aromatic carbocycles. The molecule has 0 N–H and O–H groups in total. The van der Waals surface area contributed by atoms with Crippen LogP contribution in [0.4, 0.5) is 10.6 Å². The highest BCUT2D eigenvalue weighted by Crippen LogP contribution is 2.37. The molecule has 2 unspecified atom stereocenters. The van der Waals surface area contributed by atoms with Crippen molar-refractivity contribution in [3.63, 3.8) is 0 Å². The largest absolute Gasteiger partial charge is 0.444 e. The second-order valence-electron chi connectivity index (χ2n) is 8.22. The van der Waals surface area contributed by atoms with Gasteiger partial charge in [-0.3, -0.25) is 0 Å². The number of hydrogen-bond acceptors (Lipinski definition) is 6. The van der Waals surface area contributed by atoms with E-state index in [1.54, 1.807) is 4.90 Å². The molecule has 142 valence electrons. The lowest BCUT2D eigenvalue weighted by atomic mass is 10.0. The van der Waals surface area contributed by atoms with Crippen molar-refractivity contribution in [1.82, 2.24) is 14.9 Å². The molecule has 1 aromatic heterocycles. The van der Waals surface area contributed by atoms with Crippen LogP contribution >= 0.6 is 11.6 Å². The molecule has 0 spiro atoms. The summed E-state index contributed by atoms with van der Waals surface area (Å²) < 4.78 is 11.2. The van der Waals surface area contributed by atoms with Crippen molar-refractivity contribution in [2.75, 3.05) is 24.7 Å². The minimum atomic E-state index is -0.515. The smallest absolute Gasteiger partial charge is 0.410 e. The van der Waals surface area contributed by atoms with E-state index in [4.69, 9.17) is 21.1 Å². The van der Waals surface area contributed by atoms with Gasteiger partial charge in [0.25, 0.3) is 0 Å². The van der Waals surface area contributed by atoms with E-state index in [0.717, 1.165) is 43.1 Å². The molecule has 2 bridgehead atoms. The maximum absolute atomic E-state index is 12.4. The zero-order valence-electron chi connectivity index (χ0n) is 15.5. The van der Waals surface area contributed by atoms with Gasteiger partial charge in [-0.05, 0) is 51.6 Å². The van der Waals surface area contributed by atoms with E-state index in [0.29, 0.717) is 31.6 Å². The molecular weight excluding hydrogens is 356 g/mol. The fourth-order valence-electron chi connectivity index (χ4n) is 4.05. The molecular formula is C18H25ClN4O3. The van der Waals surface area contributed by atoms with Crippen LogP contribution in [0.5, 0.6) is 0 Å². The van der Waals surface area contributed by atoms with Gasteiger partial charge in [-0.1, -0.05) is 0 Å². The summed E-state index contributed by atoms with van der Waals surface area (Å²) in [5.41, 5.74) is 1.41. The van der Waals surface area contributed by atoms with Gasteiger partial charge in [-0.15, -0.1) is 0 Å². The molecule has 1 amide bonds. The van der Waals surface area contributed by atoms with Crippen LogP contribution in [0.15, 0.2) is 0 Å². The summed E-state index contributed by atoms with van der Waals surface area (Å²) in [7, 11) is 0. The first kappa shape index (κ1) is 17.8. The predicted molar refractivity (Wildman–Crippen MR) is 97.5 cm³/mol. The molecule has 7 nitrogen and oxygen atoms in total. The van der Waals surface area contributed by atoms with Crippen LogP contribution in [0.3, 0.4) is 0 Å². The summed E-state index contributed by atoms with van der Waals surface area (Å²) in [5, 5.41) is 0.232. The Balaban J connectivity index is 1.61. The third-order valence-corrected chi connectivity index (χ3v) is 5.32. The predicted octanol–water partition coefficient (Wildman–Crippen LogP) is 2.79. The third kappa shape index (κ3) is 3.34. The fourth-order valence-corrected chi connectivity index (χ4v) is 4.23. The first-order valence-corrected chi connectivity index (χ1v) is 9.59. The molecule has 0 saturated carbocycles. The second-order valence-corrected chi connectivity index (χ2v) is 8.56. The summed E-state index contributed by atoms with van der Waals surface area (Å²) in [6.07, 6.45) is 2.62. The number of ether oxygens (including phenoxy) is 2. The number of aromatic nitrogens is 2. The highest BCUT2D eigenvalue weighted by atomic mass is 35.5. The van der Waals surface area contributed by atoms with Crippen LogP contribution in [0.1, 0.15) is 44.9 Å². The molecule has 1 aromatic rings. The molecule has 3 aliphatic rings. The number of rotatable bonds is 1. The average Bonchev–Trinajstić information content (AvgIpc) is 2.80. The van der Waals surface area contributed by atoms with E-state index < -0.39 is 5.60 Å². The van der Waals surface area contributed by atoms with Crippen molar-refractivity contribution in [3.8, 4) is 0 Å². The van der Waals surface area contributed by atoms with Crippen LogP contribution in [-0.4, -0.2) is 58.4 Å². The van der Waals surface area contributed by atoms with Gasteiger partial charge in [0, 0.05) is 12.1 Å². The lowest BCUT2D eigenvalue weighted by Crippen LogP contribution is -2.48. The molecule has 4 heterocycles. The minimum Gasteiger partial charge on any atom is -0.444 e. The standard InChI is InChI=1S/C18H25ClN4O3/c1-18(2,3)26-17(24)22-7-6-13-14(8-22)20-16(19)21-15(13)23-11-4-5-12(23)10-25-9-11/h11-12H,4-10H2,1-3H3. The number of fused-ring (bicyclic) bond motifs is 3. The number of halogens is 1. The van der Waals surface area contributed by atoms with Crippen molar-refractivity contribution in [1.29, 1.82) is 0 Å². The highest BCUT2D eigenvalue weighted by molar-refractivity contribution is 6.28. The Morgan fingerprint density at radius 2 is 1.92 bits per heavy atom. The summed E-state index contributed by atoms with van der Waals surface area (Å²) >= 11 is 6.24. The van der Waals surface area contributed by atoms with Crippen LogP contribution in [-0.2, 0) is 22.4 Å². The minimum absolute atomic E-state index is 0.232. The van der Waals surface area contributed by atoms with Gasteiger partial charge in [0.2, 0.25) is 5.28 Å². The van der Waals surface area contributed by atoms with Gasteiger partial charge in [0.05, 0.1) is 37.5 Å². The number of carbonyl (C=O) groups is 1. The number of nitrogens with zero attached hydrogens (tertiary/aromatic N) is 4. The molecule has 2 fully saturated rings. The van der Waals surface area contributed by atoms with Crippen molar-refractivity contribution in [2.45, 2.75) is 64.3 Å². The van der Waals surface area contributed by atoms with Gasteiger partial charge in [-0.2, -0.15) is 0 Å². The Hall–Kier alpha value is -1.60. The Labute approximate surface area is 158 Å². The maximum atomic E-state index is 12.4. The van der Waals surface area contributed by atoms with Crippen LogP contribution in [0, 0.1) is 0 Å². The zero-order chi connectivity index (χ0) is 18.5. The SMILES string of the molecule is CC(C)(C)OC(=O)N1CCc2c(nc(Cl)nc2N2C3CCC2COC3)C1. The molecule has 0 aliphatic carbocycles. The van der Waals surface area contributed by atoms with Gasteiger partial charge in [0.15, 0.2) is 0 Å². The van der Waals surface area contributed by atoms with Crippen molar-refractivity contribution in [3.05, 3.63) is 16.5 Å². The molecule has 3 aliphatic heterocycles. The zero-order valence-corrected chi connectivity index (χ0v) is 16.3. The molecule has 26 heavy (non-hydrogen) atoms. The Morgan fingerprint density at radius 3 is 2.58 bits per heavy atom. The molecule has 0 radical (unpaired) electrons. The van der Waals surface area contributed by atoms with Crippen LogP contribution in [0.25, 0.3) is 0 Å². The summed E-state index contributed by atoms with van der Waals surface area (Å²) in [4.78, 5) is 25.5. The lowest BCUT2D eigenvalue weighted by molar-refractivity contribution is 0.0220. The van der Waals surface area contributed by atoms with Crippen molar-refractivity contribution >= 4 is 23.5 Å². The number of amides is 1. The molecule has 4 rings (SSSR count). The normalized spacial score (nSPS) is 25.2. The van der Waals surface area contributed by atoms with E-state index in [2.05, 4.69) is 14.9 Å². The maximum Gasteiger partial charge on any atom is 0.410 e. The number of morpholine rings is 1. The summed E-state index contributed by atoms with van der Waals surface area (Å²) in [6, 6.07) is 0.709. The lowest BCUT2D eigenvalue weighted by Gasteiger charge is -2.38. The third-order valence-electron chi connectivity index (χ3n) is 5.15.